The molecule has 7 nitrogen and oxygen atoms in total. The van der Waals surface area contributed by atoms with Crippen molar-refractivity contribution in [3.8, 4) is 11.5 Å². The second kappa shape index (κ2) is 5.68. The Balaban J connectivity index is 1.82. The molecule has 132 valence electrons. The molecule has 0 spiro atoms. The van der Waals surface area contributed by atoms with Crippen molar-refractivity contribution >= 4 is 11.9 Å². The molecule has 1 aliphatic carbocycles. The van der Waals surface area contributed by atoms with E-state index in [4.69, 9.17) is 9.47 Å². The van der Waals surface area contributed by atoms with Gasteiger partial charge in [-0.2, -0.15) is 0 Å². The number of nitrogens with zero attached hydrogens (tertiary/aromatic N) is 2. The summed E-state index contributed by atoms with van der Waals surface area (Å²) in [6.45, 7) is 0.492. The second-order valence-electron chi connectivity index (χ2n) is 6.55. The van der Waals surface area contributed by atoms with Gasteiger partial charge in [0.2, 0.25) is 0 Å². The van der Waals surface area contributed by atoms with Crippen LogP contribution >= 0.6 is 0 Å². The molecule has 7 heteroatoms. The van der Waals surface area contributed by atoms with Crippen LogP contribution in [0.15, 0.2) is 29.5 Å². The summed E-state index contributed by atoms with van der Waals surface area (Å²) in [6.07, 6.45) is 2.06. The van der Waals surface area contributed by atoms with E-state index >= 15 is 0 Å². The number of hydrogen-bond acceptors (Lipinski definition) is 4. The minimum Gasteiger partial charge on any atom is -0.493 e. The van der Waals surface area contributed by atoms with Crippen LogP contribution in [-0.4, -0.2) is 55.6 Å². The zero-order valence-corrected chi connectivity index (χ0v) is 14.5. The zero-order valence-electron chi connectivity index (χ0n) is 14.5. The van der Waals surface area contributed by atoms with E-state index in [2.05, 4.69) is 5.32 Å². The molecule has 0 saturated heterocycles. The van der Waals surface area contributed by atoms with Crippen molar-refractivity contribution in [1.82, 2.24) is 15.1 Å². The molecule has 3 amide bonds. The van der Waals surface area contributed by atoms with E-state index in [1.54, 1.807) is 32.2 Å². The molecule has 2 aliphatic heterocycles. The monoisotopic (exact) mass is 343 g/mol. The molecule has 4 rings (SSSR count). The minimum atomic E-state index is -0.542. The van der Waals surface area contributed by atoms with Crippen LogP contribution in [0.1, 0.15) is 24.4 Å². The Bertz CT molecular complexity index is 785. The van der Waals surface area contributed by atoms with Gasteiger partial charge in [0.25, 0.3) is 5.91 Å². The number of amides is 3. The number of carbonyl (C=O) groups is 2. The van der Waals surface area contributed by atoms with Crippen LogP contribution in [0.4, 0.5) is 4.79 Å². The lowest BCUT2D eigenvalue weighted by molar-refractivity contribution is -0.126. The number of rotatable bonds is 4. The first-order chi connectivity index (χ1) is 12.1. The molecular weight excluding hydrogens is 322 g/mol. The Morgan fingerprint density at radius 2 is 1.92 bits per heavy atom. The minimum absolute atomic E-state index is 0.000719. The lowest BCUT2D eigenvalue weighted by atomic mass is 9.94. The van der Waals surface area contributed by atoms with Crippen molar-refractivity contribution in [2.24, 2.45) is 0 Å². The largest absolute Gasteiger partial charge is 0.493 e. The topological polar surface area (TPSA) is 71.1 Å². The Morgan fingerprint density at radius 1 is 1.16 bits per heavy atom. The van der Waals surface area contributed by atoms with Crippen LogP contribution in [0.25, 0.3) is 0 Å². The number of ether oxygens (including phenoxy) is 2. The number of methoxy groups -OCH3 is 2. The highest BCUT2D eigenvalue weighted by atomic mass is 16.5. The van der Waals surface area contributed by atoms with E-state index < -0.39 is 6.04 Å². The van der Waals surface area contributed by atoms with Crippen molar-refractivity contribution < 1.29 is 19.1 Å². The van der Waals surface area contributed by atoms with Gasteiger partial charge in [-0.3, -0.25) is 9.69 Å². The lowest BCUT2D eigenvalue weighted by Crippen LogP contribution is -2.45. The first-order valence-electron chi connectivity index (χ1n) is 8.36. The van der Waals surface area contributed by atoms with Crippen LogP contribution in [-0.2, 0) is 4.79 Å². The summed E-state index contributed by atoms with van der Waals surface area (Å²) in [6, 6.07) is 5.02. The van der Waals surface area contributed by atoms with E-state index in [1.807, 2.05) is 17.0 Å². The average Bonchev–Trinajstić information content (AvgIpc) is 3.41. The summed E-state index contributed by atoms with van der Waals surface area (Å²) >= 11 is 0. The van der Waals surface area contributed by atoms with Crippen molar-refractivity contribution in [2.75, 3.05) is 27.8 Å². The van der Waals surface area contributed by atoms with E-state index in [0.29, 0.717) is 29.7 Å². The molecule has 2 heterocycles. The molecule has 1 aromatic rings. The summed E-state index contributed by atoms with van der Waals surface area (Å²) in [5, 5.41) is 2.94. The van der Waals surface area contributed by atoms with Crippen molar-refractivity contribution in [3.05, 3.63) is 35.0 Å². The Morgan fingerprint density at radius 3 is 2.56 bits per heavy atom. The van der Waals surface area contributed by atoms with Gasteiger partial charge in [-0.15, -0.1) is 0 Å². The highest BCUT2D eigenvalue weighted by Crippen LogP contribution is 2.44. The van der Waals surface area contributed by atoms with E-state index in [9.17, 15) is 9.59 Å². The van der Waals surface area contributed by atoms with Gasteiger partial charge in [0, 0.05) is 18.7 Å². The van der Waals surface area contributed by atoms with Crippen LogP contribution in [0.2, 0.25) is 0 Å². The van der Waals surface area contributed by atoms with E-state index in [-0.39, 0.29) is 11.9 Å². The third-order valence-electron chi connectivity index (χ3n) is 5.12. The van der Waals surface area contributed by atoms with Crippen molar-refractivity contribution in [2.45, 2.75) is 24.9 Å². The third-order valence-corrected chi connectivity index (χ3v) is 5.12. The summed E-state index contributed by atoms with van der Waals surface area (Å²) < 4.78 is 10.9. The molecule has 1 atom stereocenters. The number of para-hydroxylation sites is 1. The summed E-state index contributed by atoms with van der Waals surface area (Å²) in [5.74, 6) is 1.10. The fourth-order valence-corrected chi connectivity index (χ4v) is 3.64. The molecule has 25 heavy (non-hydrogen) atoms. The zero-order chi connectivity index (χ0) is 17.7. The van der Waals surface area contributed by atoms with Gasteiger partial charge in [-0.25, -0.2) is 4.79 Å². The maximum Gasteiger partial charge on any atom is 0.322 e. The number of likely N-dealkylation sites (N-methyl/N-ethyl adjacent to an activating group) is 1. The molecule has 1 unspecified atom stereocenters. The molecule has 1 saturated carbocycles. The van der Waals surface area contributed by atoms with Gasteiger partial charge in [-0.05, 0) is 18.9 Å². The maximum atomic E-state index is 13.0. The summed E-state index contributed by atoms with van der Waals surface area (Å²) in [4.78, 5) is 28.9. The van der Waals surface area contributed by atoms with Gasteiger partial charge in [0.05, 0.1) is 38.1 Å². The van der Waals surface area contributed by atoms with Gasteiger partial charge < -0.3 is 19.7 Å². The lowest BCUT2D eigenvalue weighted by Gasteiger charge is -2.31. The summed E-state index contributed by atoms with van der Waals surface area (Å²) in [7, 11) is 4.82. The quantitative estimate of drug-likeness (QED) is 0.903. The normalized spacial score (nSPS) is 22.9. The van der Waals surface area contributed by atoms with Crippen LogP contribution in [0.3, 0.4) is 0 Å². The molecule has 0 radical (unpaired) electrons. The summed E-state index contributed by atoms with van der Waals surface area (Å²) in [5.41, 5.74) is 2.12. The molecule has 1 N–H and O–H groups in total. The molecule has 1 fully saturated rings. The van der Waals surface area contributed by atoms with Gasteiger partial charge in [-0.1, -0.05) is 12.1 Å². The maximum absolute atomic E-state index is 13.0. The van der Waals surface area contributed by atoms with Crippen molar-refractivity contribution in [3.63, 3.8) is 0 Å². The van der Waals surface area contributed by atoms with Crippen molar-refractivity contribution in [1.29, 1.82) is 0 Å². The number of nitrogens with one attached hydrogen (secondary N) is 1. The van der Waals surface area contributed by atoms with Gasteiger partial charge in [0.15, 0.2) is 11.5 Å². The smallest absolute Gasteiger partial charge is 0.322 e. The van der Waals surface area contributed by atoms with Crippen LogP contribution < -0.4 is 14.8 Å². The molecular formula is C18H21N3O4. The first-order valence-corrected chi connectivity index (χ1v) is 8.36. The standard InChI is InChI=1S/C18H21N3O4/c1-20-12-9-21(10-7-8-10)17(22)14(12)15(19-18(20)23)11-5-4-6-13(24-2)16(11)25-3/h4-6,10,15H,7-9H2,1-3H3,(H,19,23). The predicted molar refractivity (Wildman–Crippen MR) is 90.3 cm³/mol. The Labute approximate surface area is 146 Å². The fourth-order valence-electron chi connectivity index (χ4n) is 3.64. The molecule has 3 aliphatic rings. The van der Waals surface area contributed by atoms with E-state index in [0.717, 1.165) is 24.1 Å². The van der Waals surface area contributed by atoms with Crippen LogP contribution in [0, 0.1) is 0 Å². The first kappa shape index (κ1) is 15.8. The van der Waals surface area contributed by atoms with Crippen LogP contribution in [0.5, 0.6) is 11.5 Å². The Hall–Kier alpha value is -2.70. The highest BCUT2D eigenvalue weighted by Gasteiger charge is 2.47. The third kappa shape index (κ3) is 2.33. The number of hydrogen-bond donors (Lipinski definition) is 1. The van der Waals surface area contributed by atoms with Gasteiger partial charge in [0.1, 0.15) is 0 Å². The number of benzene rings is 1. The van der Waals surface area contributed by atoms with E-state index in [1.165, 1.54) is 0 Å². The second-order valence-corrected chi connectivity index (χ2v) is 6.55. The number of urea groups is 1. The SMILES string of the molecule is COc1cccc(C2NC(=O)N(C)C3=C2C(=O)N(C2CC2)C3)c1OC. The van der Waals surface area contributed by atoms with Gasteiger partial charge >= 0.3 is 6.03 Å². The highest BCUT2D eigenvalue weighted by molar-refractivity contribution is 6.02. The fraction of sp³-hybridized carbons (Fsp3) is 0.444. The molecule has 0 bridgehead atoms. The molecule has 0 aromatic heterocycles. The predicted octanol–water partition coefficient (Wildman–Crippen LogP) is 1.66. The molecule has 1 aromatic carbocycles. The average molecular weight is 343 g/mol. The number of carbonyl (C=O) groups excluding carboxylic acids is 2. The Kier molecular flexibility index (Phi) is 3.59.